The molecule has 0 atom stereocenters. The minimum Gasteiger partial charge on any atom is -0.462 e. The third-order valence-electron chi connectivity index (χ3n) is 4.52. The van der Waals surface area contributed by atoms with Gasteiger partial charge < -0.3 is 4.74 Å². The molecular formula is C23H17NO3S2. The monoisotopic (exact) mass is 419 g/mol. The molecule has 144 valence electrons. The van der Waals surface area contributed by atoms with E-state index in [1.54, 1.807) is 31.2 Å². The van der Waals surface area contributed by atoms with Gasteiger partial charge in [0.1, 0.15) is 0 Å². The number of esters is 1. The Morgan fingerprint density at radius 2 is 1.86 bits per heavy atom. The minimum atomic E-state index is -0.425. The Labute approximate surface area is 178 Å². The van der Waals surface area contributed by atoms with Crippen LogP contribution in [0.4, 0.5) is 5.69 Å². The van der Waals surface area contributed by atoms with E-state index in [4.69, 9.17) is 17.0 Å². The lowest BCUT2D eigenvalue weighted by Crippen LogP contribution is -2.27. The number of ether oxygens (including phenoxy) is 1. The lowest BCUT2D eigenvalue weighted by atomic mass is 10.0. The van der Waals surface area contributed by atoms with Crippen LogP contribution in [-0.4, -0.2) is 22.8 Å². The number of hydrogen-bond acceptors (Lipinski definition) is 5. The molecule has 3 aromatic rings. The molecule has 1 amide bonds. The van der Waals surface area contributed by atoms with Gasteiger partial charge in [0, 0.05) is 0 Å². The fourth-order valence-corrected chi connectivity index (χ4v) is 4.48. The summed E-state index contributed by atoms with van der Waals surface area (Å²) in [6.45, 7) is 2.04. The van der Waals surface area contributed by atoms with Crippen LogP contribution < -0.4 is 4.90 Å². The molecule has 0 aliphatic carbocycles. The van der Waals surface area contributed by atoms with Crippen molar-refractivity contribution in [1.82, 2.24) is 0 Å². The van der Waals surface area contributed by atoms with Gasteiger partial charge >= 0.3 is 5.97 Å². The number of fused-ring (bicyclic) bond motifs is 1. The Hall–Kier alpha value is -2.96. The van der Waals surface area contributed by atoms with Crippen LogP contribution >= 0.6 is 24.0 Å². The summed E-state index contributed by atoms with van der Waals surface area (Å²) < 4.78 is 5.48. The molecule has 0 radical (unpaired) electrons. The fourth-order valence-electron chi connectivity index (χ4n) is 3.19. The van der Waals surface area contributed by atoms with Gasteiger partial charge in [-0.1, -0.05) is 72.5 Å². The number of thiocarbonyl (C=S) groups is 1. The van der Waals surface area contributed by atoms with E-state index in [0.29, 0.717) is 20.5 Å². The number of rotatable bonds is 4. The Kier molecular flexibility index (Phi) is 5.47. The molecule has 3 aromatic carbocycles. The summed E-state index contributed by atoms with van der Waals surface area (Å²) in [6.07, 6.45) is 1.87. The van der Waals surface area contributed by atoms with Crippen molar-refractivity contribution in [3.8, 4) is 0 Å². The predicted molar refractivity (Wildman–Crippen MR) is 122 cm³/mol. The van der Waals surface area contributed by atoms with Crippen molar-refractivity contribution in [2.24, 2.45) is 0 Å². The van der Waals surface area contributed by atoms with E-state index in [-0.39, 0.29) is 12.5 Å². The first-order valence-corrected chi connectivity index (χ1v) is 10.3. The number of hydrogen-bond donors (Lipinski definition) is 0. The summed E-state index contributed by atoms with van der Waals surface area (Å²) in [7, 11) is 0. The van der Waals surface area contributed by atoms with Gasteiger partial charge in [0.25, 0.3) is 5.91 Å². The highest BCUT2D eigenvalue weighted by atomic mass is 32.2. The summed E-state index contributed by atoms with van der Waals surface area (Å²) in [6, 6.07) is 20.8. The molecule has 0 N–H and O–H groups in total. The third-order valence-corrected chi connectivity index (χ3v) is 5.82. The quantitative estimate of drug-likeness (QED) is 0.321. The zero-order chi connectivity index (χ0) is 20.4. The first-order valence-electron chi connectivity index (χ1n) is 9.11. The van der Waals surface area contributed by atoms with Crippen molar-refractivity contribution in [3.05, 3.63) is 82.8 Å². The molecule has 4 nitrogen and oxygen atoms in total. The molecule has 0 spiro atoms. The largest absolute Gasteiger partial charge is 0.462 e. The molecule has 1 saturated heterocycles. The highest BCUT2D eigenvalue weighted by molar-refractivity contribution is 8.27. The molecular weight excluding hydrogens is 402 g/mol. The highest BCUT2D eigenvalue weighted by Crippen LogP contribution is 2.37. The van der Waals surface area contributed by atoms with Crippen LogP contribution in [0.15, 0.2) is 71.6 Å². The number of nitrogens with zero attached hydrogens (tertiary/aromatic N) is 1. The summed E-state index contributed by atoms with van der Waals surface area (Å²) in [5.41, 5.74) is 1.90. The van der Waals surface area contributed by atoms with Gasteiger partial charge in [-0.2, -0.15) is 0 Å². The Morgan fingerprint density at radius 1 is 1.10 bits per heavy atom. The molecule has 0 bridgehead atoms. The van der Waals surface area contributed by atoms with E-state index >= 15 is 0 Å². The number of carbonyl (C=O) groups excluding carboxylic acids is 2. The van der Waals surface area contributed by atoms with Crippen LogP contribution in [0.1, 0.15) is 22.8 Å². The van der Waals surface area contributed by atoms with Gasteiger partial charge in [0.05, 0.1) is 22.8 Å². The van der Waals surface area contributed by atoms with E-state index in [1.165, 1.54) is 16.7 Å². The van der Waals surface area contributed by atoms with E-state index in [9.17, 15) is 9.59 Å². The number of benzene rings is 3. The highest BCUT2D eigenvalue weighted by Gasteiger charge is 2.33. The number of carbonyl (C=O) groups is 2. The van der Waals surface area contributed by atoms with Gasteiger partial charge in [0.2, 0.25) is 0 Å². The maximum atomic E-state index is 13.1. The van der Waals surface area contributed by atoms with Crippen molar-refractivity contribution in [2.45, 2.75) is 6.92 Å². The van der Waals surface area contributed by atoms with Crippen molar-refractivity contribution in [3.63, 3.8) is 0 Å². The normalized spacial score (nSPS) is 15.3. The van der Waals surface area contributed by atoms with Crippen LogP contribution in [0.25, 0.3) is 16.8 Å². The van der Waals surface area contributed by atoms with Gasteiger partial charge in [0.15, 0.2) is 4.32 Å². The molecule has 0 aromatic heterocycles. The van der Waals surface area contributed by atoms with Crippen LogP contribution in [0.3, 0.4) is 0 Å². The molecule has 4 rings (SSSR count). The van der Waals surface area contributed by atoms with Gasteiger partial charge in [-0.25, -0.2) is 4.79 Å². The minimum absolute atomic E-state index is 0.200. The van der Waals surface area contributed by atoms with Crippen LogP contribution in [0.5, 0.6) is 0 Å². The maximum absolute atomic E-state index is 13.1. The number of thioether (sulfide) groups is 1. The van der Waals surface area contributed by atoms with E-state index < -0.39 is 5.97 Å². The molecule has 1 heterocycles. The summed E-state index contributed by atoms with van der Waals surface area (Å²) in [5.74, 6) is -0.625. The summed E-state index contributed by atoms with van der Waals surface area (Å²) in [5, 5.41) is 2.18. The predicted octanol–water partition coefficient (Wildman–Crippen LogP) is 5.42. The Bertz CT molecular complexity index is 1160. The van der Waals surface area contributed by atoms with Crippen LogP contribution in [0, 0.1) is 0 Å². The van der Waals surface area contributed by atoms with E-state index in [2.05, 4.69) is 0 Å². The molecule has 1 aliphatic rings. The van der Waals surface area contributed by atoms with Gasteiger partial charge in [-0.05, 0) is 47.5 Å². The smallest absolute Gasteiger partial charge is 0.338 e. The van der Waals surface area contributed by atoms with E-state index in [1.807, 2.05) is 48.5 Å². The van der Waals surface area contributed by atoms with Crippen molar-refractivity contribution >= 4 is 62.7 Å². The average molecular weight is 420 g/mol. The molecule has 29 heavy (non-hydrogen) atoms. The lowest BCUT2D eigenvalue weighted by Gasteiger charge is -2.15. The first-order chi connectivity index (χ1) is 14.1. The Morgan fingerprint density at radius 3 is 2.69 bits per heavy atom. The zero-order valence-electron chi connectivity index (χ0n) is 15.6. The lowest BCUT2D eigenvalue weighted by molar-refractivity contribution is -0.113. The van der Waals surface area contributed by atoms with Crippen molar-refractivity contribution in [1.29, 1.82) is 0 Å². The first kappa shape index (κ1) is 19.4. The third kappa shape index (κ3) is 3.81. The second kappa shape index (κ2) is 8.19. The standard InChI is InChI=1S/C23H17NO3S2/c1-2-27-22(26)17-10-6-11-18(13-17)24-21(25)20(29-23(24)28)14-16-9-5-8-15-7-3-4-12-19(15)16/h3-14H,2H2,1H3/b20-14-. The van der Waals surface area contributed by atoms with Crippen LogP contribution in [-0.2, 0) is 9.53 Å². The molecule has 0 unspecified atom stereocenters. The molecule has 1 aliphatic heterocycles. The Balaban J connectivity index is 1.69. The molecule has 1 fully saturated rings. The number of anilines is 1. The average Bonchev–Trinajstić information content (AvgIpc) is 3.01. The van der Waals surface area contributed by atoms with Crippen LogP contribution in [0.2, 0.25) is 0 Å². The van der Waals surface area contributed by atoms with E-state index in [0.717, 1.165) is 16.3 Å². The topological polar surface area (TPSA) is 46.6 Å². The maximum Gasteiger partial charge on any atom is 0.338 e. The van der Waals surface area contributed by atoms with Gasteiger partial charge in [-0.3, -0.25) is 9.69 Å². The zero-order valence-corrected chi connectivity index (χ0v) is 17.3. The summed E-state index contributed by atoms with van der Waals surface area (Å²) in [4.78, 5) is 27.1. The van der Waals surface area contributed by atoms with Crippen molar-refractivity contribution < 1.29 is 14.3 Å². The second-order valence-corrected chi connectivity index (χ2v) is 8.03. The number of amides is 1. The van der Waals surface area contributed by atoms with Gasteiger partial charge in [-0.15, -0.1) is 0 Å². The molecule has 6 heteroatoms. The SMILES string of the molecule is CCOC(=O)c1cccc(N2C(=O)/C(=C/c3cccc4ccccc34)SC2=S)c1. The van der Waals surface area contributed by atoms with Crippen molar-refractivity contribution in [2.75, 3.05) is 11.5 Å². The fraction of sp³-hybridized carbons (Fsp3) is 0.0870. The second-order valence-electron chi connectivity index (χ2n) is 6.36. The molecule has 0 saturated carbocycles. The summed E-state index contributed by atoms with van der Waals surface area (Å²) >= 11 is 6.72.